The molecule has 0 saturated heterocycles. The fourth-order valence-corrected chi connectivity index (χ4v) is 3.77. The number of fused-ring (bicyclic) bond motifs is 1. The smallest absolute Gasteiger partial charge is 0.231 e. The zero-order chi connectivity index (χ0) is 20.5. The summed E-state index contributed by atoms with van der Waals surface area (Å²) in [6.45, 7) is 6.54. The molecule has 4 heteroatoms. The molecule has 29 heavy (non-hydrogen) atoms. The fourth-order valence-electron chi connectivity index (χ4n) is 3.37. The molecule has 3 aromatic carbocycles. The van der Waals surface area contributed by atoms with Gasteiger partial charge in [-0.05, 0) is 61.7 Å². The summed E-state index contributed by atoms with van der Waals surface area (Å²) in [6.07, 6.45) is 1.77. The predicted octanol–water partition coefficient (Wildman–Crippen LogP) is 6.57. The lowest BCUT2D eigenvalue weighted by atomic mass is 10.1. The number of carbonyl (C=O) groups is 1. The minimum atomic E-state index is -0.111. The van der Waals surface area contributed by atoms with E-state index < -0.39 is 0 Å². The SMILES string of the molecule is Cc1ccc(C)c(COc2ccc3c(c2C)O/C(=C\c2ccccc2Br)C3=O)c1. The van der Waals surface area contributed by atoms with Gasteiger partial charge < -0.3 is 9.47 Å². The number of ketones is 1. The number of carbonyl (C=O) groups excluding carboxylic acids is 1. The number of benzene rings is 3. The minimum Gasteiger partial charge on any atom is -0.488 e. The van der Waals surface area contributed by atoms with Crippen molar-refractivity contribution in [2.75, 3.05) is 0 Å². The van der Waals surface area contributed by atoms with E-state index in [-0.39, 0.29) is 5.78 Å². The molecule has 146 valence electrons. The molecule has 0 unspecified atom stereocenters. The molecule has 3 nitrogen and oxygen atoms in total. The third-order valence-corrected chi connectivity index (χ3v) is 5.84. The normalized spacial score (nSPS) is 14.1. The van der Waals surface area contributed by atoms with Gasteiger partial charge in [-0.1, -0.05) is 57.9 Å². The van der Waals surface area contributed by atoms with Gasteiger partial charge in [0.15, 0.2) is 5.76 Å². The lowest BCUT2D eigenvalue weighted by Gasteiger charge is -2.13. The third-order valence-electron chi connectivity index (χ3n) is 5.12. The summed E-state index contributed by atoms with van der Waals surface area (Å²) in [5.41, 5.74) is 5.84. The number of aryl methyl sites for hydroxylation is 2. The van der Waals surface area contributed by atoms with E-state index in [9.17, 15) is 4.79 Å². The molecule has 0 radical (unpaired) electrons. The largest absolute Gasteiger partial charge is 0.488 e. The van der Waals surface area contributed by atoms with Gasteiger partial charge in [-0.3, -0.25) is 4.79 Å². The standard InChI is InChI=1S/C25H21BrO3/c1-15-8-9-16(2)19(12-15)14-28-22-11-10-20-24(27)23(29-25(20)17(22)3)13-18-6-4-5-7-21(18)26/h4-13H,14H2,1-3H3/b23-13-. The van der Waals surface area contributed by atoms with Gasteiger partial charge in [0, 0.05) is 10.0 Å². The van der Waals surface area contributed by atoms with Gasteiger partial charge in [-0.25, -0.2) is 0 Å². The molecule has 0 aromatic heterocycles. The average molecular weight is 449 g/mol. The third kappa shape index (κ3) is 3.85. The maximum atomic E-state index is 12.8. The Labute approximate surface area is 179 Å². The van der Waals surface area contributed by atoms with Crippen LogP contribution >= 0.6 is 15.9 Å². The first kappa shape index (κ1) is 19.5. The highest BCUT2D eigenvalue weighted by molar-refractivity contribution is 9.10. The van der Waals surface area contributed by atoms with Crippen LogP contribution in [-0.4, -0.2) is 5.78 Å². The van der Waals surface area contributed by atoms with Crippen LogP contribution in [0.4, 0.5) is 0 Å². The van der Waals surface area contributed by atoms with Crippen LogP contribution in [-0.2, 0) is 6.61 Å². The molecule has 0 aliphatic carbocycles. The zero-order valence-corrected chi connectivity index (χ0v) is 18.2. The number of hydrogen-bond donors (Lipinski definition) is 0. The van der Waals surface area contributed by atoms with Crippen LogP contribution in [0.5, 0.6) is 11.5 Å². The molecule has 0 amide bonds. The molecule has 0 saturated carbocycles. The topological polar surface area (TPSA) is 35.5 Å². The molecule has 1 heterocycles. The Morgan fingerprint density at radius 3 is 2.62 bits per heavy atom. The molecular formula is C25H21BrO3. The molecule has 1 aliphatic rings. The molecule has 0 spiro atoms. The lowest BCUT2D eigenvalue weighted by molar-refractivity contribution is 0.101. The number of Topliss-reactive ketones (excluding diaryl/α,β-unsaturated/α-hetero) is 1. The molecular weight excluding hydrogens is 428 g/mol. The van der Waals surface area contributed by atoms with Crippen LogP contribution in [0, 0.1) is 20.8 Å². The molecule has 0 atom stereocenters. The summed E-state index contributed by atoms with van der Waals surface area (Å²) in [5.74, 6) is 1.51. The second-order valence-corrected chi connectivity index (χ2v) is 8.10. The van der Waals surface area contributed by atoms with Crippen molar-refractivity contribution >= 4 is 27.8 Å². The minimum absolute atomic E-state index is 0.111. The van der Waals surface area contributed by atoms with Gasteiger partial charge in [0.1, 0.15) is 18.1 Å². The number of halogens is 1. The first-order valence-electron chi connectivity index (χ1n) is 9.45. The Hall–Kier alpha value is -2.85. The number of ether oxygens (including phenoxy) is 2. The van der Waals surface area contributed by atoms with E-state index in [2.05, 4.69) is 48.0 Å². The molecule has 3 aromatic rings. The number of allylic oxidation sites excluding steroid dienone is 1. The highest BCUT2D eigenvalue weighted by Crippen LogP contribution is 2.39. The first-order valence-corrected chi connectivity index (χ1v) is 10.2. The molecule has 4 rings (SSSR count). The van der Waals surface area contributed by atoms with E-state index in [0.29, 0.717) is 23.7 Å². The van der Waals surface area contributed by atoms with E-state index in [4.69, 9.17) is 9.47 Å². The van der Waals surface area contributed by atoms with Crippen molar-refractivity contribution in [3.05, 3.63) is 98.2 Å². The van der Waals surface area contributed by atoms with Crippen molar-refractivity contribution in [2.45, 2.75) is 27.4 Å². The Bertz CT molecular complexity index is 1140. The van der Waals surface area contributed by atoms with Crippen LogP contribution in [0.1, 0.15) is 38.2 Å². The van der Waals surface area contributed by atoms with Crippen LogP contribution in [0.25, 0.3) is 6.08 Å². The first-order chi connectivity index (χ1) is 13.9. The second-order valence-electron chi connectivity index (χ2n) is 7.25. The Balaban J connectivity index is 1.60. The van der Waals surface area contributed by atoms with E-state index in [1.165, 1.54) is 11.1 Å². The summed E-state index contributed by atoms with van der Waals surface area (Å²) < 4.78 is 12.9. The number of hydrogen-bond acceptors (Lipinski definition) is 3. The summed E-state index contributed by atoms with van der Waals surface area (Å²) >= 11 is 3.51. The zero-order valence-electron chi connectivity index (χ0n) is 16.6. The highest BCUT2D eigenvalue weighted by atomic mass is 79.9. The van der Waals surface area contributed by atoms with Crippen molar-refractivity contribution in [2.24, 2.45) is 0 Å². The predicted molar refractivity (Wildman–Crippen MR) is 119 cm³/mol. The number of rotatable bonds is 4. The van der Waals surface area contributed by atoms with Gasteiger partial charge in [0.25, 0.3) is 0 Å². The Morgan fingerprint density at radius 1 is 1.03 bits per heavy atom. The second kappa shape index (κ2) is 7.88. The summed E-state index contributed by atoms with van der Waals surface area (Å²) in [7, 11) is 0. The van der Waals surface area contributed by atoms with Crippen molar-refractivity contribution in [1.29, 1.82) is 0 Å². The monoisotopic (exact) mass is 448 g/mol. The van der Waals surface area contributed by atoms with Crippen LogP contribution in [0.2, 0.25) is 0 Å². The van der Waals surface area contributed by atoms with Crippen molar-refractivity contribution in [3.63, 3.8) is 0 Å². The van der Waals surface area contributed by atoms with Gasteiger partial charge in [-0.2, -0.15) is 0 Å². The van der Waals surface area contributed by atoms with Gasteiger partial charge in [-0.15, -0.1) is 0 Å². The van der Waals surface area contributed by atoms with E-state index >= 15 is 0 Å². The van der Waals surface area contributed by atoms with E-state index in [1.807, 2.05) is 37.3 Å². The van der Waals surface area contributed by atoms with Gasteiger partial charge >= 0.3 is 0 Å². The van der Waals surface area contributed by atoms with Crippen LogP contribution in [0.3, 0.4) is 0 Å². The van der Waals surface area contributed by atoms with Gasteiger partial charge in [0.05, 0.1) is 5.56 Å². The van der Waals surface area contributed by atoms with Crippen LogP contribution < -0.4 is 9.47 Å². The van der Waals surface area contributed by atoms with Gasteiger partial charge in [0.2, 0.25) is 5.78 Å². The lowest BCUT2D eigenvalue weighted by Crippen LogP contribution is -2.00. The summed E-state index contributed by atoms with van der Waals surface area (Å²) in [5, 5.41) is 0. The van der Waals surface area contributed by atoms with E-state index in [1.54, 1.807) is 12.1 Å². The average Bonchev–Trinajstić information content (AvgIpc) is 3.02. The van der Waals surface area contributed by atoms with Crippen molar-refractivity contribution in [1.82, 2.24) is 0 Å². The van der Waals surface area contributed by atoms with Crippen molar-refractivity contribution in [3.8, 4) is 11.5 Å². The maximum Gasteiger partial charge on any atom is 0.231 e. The van der Waals surface area contributed by atoms with E-state index in [0.717, 1.165) is 26.9 Å². The van der Waals surface area contributed by atoms with Crippen LogP contribution in [0.15, 0.2) is 64.8 Å². The van der Waals surface area contributed by atoms with Crippen molar-refractivity contribution < 1.29 is 14.3 Å². The molecule has 1 aliphatic heterocycles. The Morgan fingerprint density at radius 2 is 1.83 bits per heavy atom. The Kier molecular flexibility index (Phi) is 5.29. The molecule has 0 fully saturated rings. The quantitative estimate of drug-likeness (QED) is 0.423. The summed E-state index contributed by atoms with van der Waals surface area (Å²) in [4.78, 5) is 12.8. The highest BCUT2D eigenvalue weighted by Gasteiger charge is 2.30. The fraction of sp³-hybridized carbons (Fsp3) is 0.160. The molecule has 0 bridgehead atoms. The molecule has 0 N–H and O–H groups in total. The maximum absolute atomic E-state index is 12.8. The summed E-state index contributed by atoms with van der Waals surface area (Å²) in [6, 6.07) is 17.7.